The molecule has 5 heteroatoms. The van der Waals surface area contributed by atoms with Gasteiger partial charge in [0, 0.05) is 6.26 Å². The minimum Gasteiger partial charge on any atom is -0.481 e. The molecule has 4 nitrogen and oxygen atoms in total. The van der Waals surface area contributed by atoms with Crippen molar-refractivity contribution in [2.75, 3.05) is 6.26 Å². The van der Waals surface area contributed by atoms with Gasteiger partial charge in [-0.1, -0.05) is 25.1 Å². The van der Waals surface area contributed by atoms with Gasteiger partial charge < -0.3 is 5.11 Å². The van der Waals surface area contributed by atoms with Crippen molar-refractivity contribution in [2.24, 2.45) is 0 Å². The van der Waals surface area contributed by atoms with Gasteiger partial charge in [0.1, 0.15) is 0 Å². The number of allylic oxidation sites excluding steroid dienone is 1. The number of carboxylic acid groups (broad SMARTS) is 1. The molecular formula is C13H16O4S. The molecule has 0 saturated carbocycles. The maximum atomic E-state index is 11.3. The van der Waals surface area contributed by atoms with Crippen LogP contribution >= 0.6 is 0 Å². The number of carbonyl (C=O) groups is 1. The van der Waals surface area contributed by atoms with Crippen molar-refractivity contribution in [2.45, 2.75) is 24.7 Å². The number of hydrogen-bond donors (Lipinski definition) is 1. The minimum atomic E-state index is -3.19. The largest absolute Gasteiger partial charge is 0.481 e. The molecule has 0 heterocycles. The Bertz CT molecular complexity index is 553. The number of carboxylic acids is 1. The van der Waals surface area contributed by atoms with Gasteiger partial charge in [-0.05, 0) is 29.7 Å². The fraction of sp³-hybridized carbons (Fsp3) is 0.308. The molecule has 0 aliphatic rings. The number of sulfone groups is 1. The molecule has 0 fully saturated rings. The van der Waals surface area contributed by atoms with E-state index in [0.29, 0.717) is 6.42 Å². The zero-order valence-electron chi connectivity index (χ0n) is 10.4. The molecule has 0 radical (unpaired) electrons. The first-order valence-electron chi connectivity index (χ1n) is 5.56. The first-order chi connectivity index (χ1) is 8.34. The lowest BCUT2D eigenvalue weighted by Crippen LogP contribution is -1.97. The Morgan fingerprint density at radius 1 is 1.28 bits per heavy atom. The molecule has 0 bridgehead atoms. The second-order valence-electron chi connectivity index (χ2n) is 3.98. The van der Waals surface area contributed by atoms with Crippen molar-refractivity contribution in [1.29, 1.82) is 0 Å². The second-order valence-corrected chi connectivity index (χ2v) is 5.99. The smallest absolute Gasteiger partial charge is 0.307 e. The van der Waals surface area contributed by atoms with Crippen LogP contribution in [0.2, 0.25) is 0 Å². The van der Waals surface area contributed by atoms with Crippen LogP contribution in [0.25, 0.3) is 5.57 Å². The van der Waals surface area contributed by atoms with Gasteiger partial charge in [-0.3, -0.25) is 4.79 Å². The van der Waals surface area contributed by atoms with E-state index in [1.54, 1.807) is 18.2 Å². The van der Waals surface area contributed by atoms with E-state index in [1.807, 2.05) is 6.92 Å². The summed E-state index contributed by atoms with van der Waals surface area (Å²) in [6.07, 6.45) is 3.48. The zero-order valence-corrected chi connectivity index (χ0v) is 11.2. The number of aliphatic carboxylic acids is 1. The van der Waals surface area contributed by atoms with Crippen LogP contribution in [0.15, 0.2) is 35.2 Å². The number of benzene rings is 1. The van der Waals surface area contributed by atoms with E-state index in [9.17, 15) is 13.2 Å². The monoisotopic (exact) mass is 268 g/mol. The standard InChI is InChI=1S/C13H16O4S/c1-3-10(6-9-13(14)15)11-4-7-12(8-5-11)18(2,16)17/h4-8H,3,9H2,1-2H3,(H,14,15)/b10-6+. The van der Waals surface area contributed by atoms with Crippen molar-refractivity contribution in [3.8, 4) is 0 Å². The Morgan fingerprint density at radius 3 is 2.22 bits per heavy atom. The van der Waals surface area contributed by atoms with Gasteiger partial charge in [-0.25, -0.2) is 8.42 Å². The summed E-state index contributed by atoms with van der Waals surface area (Å²) in [5.41, 5.74) is 1.75. The average Bonchev–Trinajstić information content (AvgIpc) is 2.29. The number of hydrogen-bond acceptors (Lipinski definition) is 3. The quantitative estimate of drug-likeness (QED) is 0.889. The first-order valence-corrected chi connectivity index (χ1v) is 7.45. The highest BCUT2D eigenvalue weighted by molar-refractivity contribution is 7.90. The Balaban J connectivity index is 3.03. The van der Waals surface area contributed by atoms with Crippen LogP contribution < -0.4 is 0 Å². The summed E-state index contributed by atoms with van der Waals surface area (Å²) >= 11 is 0. The zero-order chi connectivity index (χ0) is 13.8. The van der Waals surface area contributed by atoms with E-state index < -0.39 is 15.8 Å². The third-order valence-electron chi connectivity index (χ3n) is 2.56. The lowest BCUT2D eigenvalue weighted by molar-refractivity contribution is -0.135. The van der Waals surface area contributed by atoms with Crippen molar-refractivity contribution < 1.29 is 18.3 Å². The molecule has 1 N–H and O–H groups in total. The molecule has 0 aliphatic carbocycles. The normalized spacial score (nSPS) is 12.4. The molecule has 0 saturated heterocycles. The Morgan fingerprint density at radius 2 is 1.83 bits per heavy atom. The van der Waals surface area contributed by atoms with Crippen LogP contribution in [-0.2, 0) is 14.6 Å². The molecule has 0 aliphatic heterocycles. The predicted octanol–water partition coefficient (Wildman–Crippen LogP) is 2.36. The summed E-state index contributed by atoms with van der Waals surface area (Å²) in [6.45, 7) is 1.93. The van der Waals surface area contributed by atoms with Crippen LogP contribution in [0.3, 0.4) is 0 Å². The Hall–Kier alpha value is -1.62. The molecule has 1 aromatic carbocycles. The highest BCUT2D eigenvalue weighted by Gasteiger charge is 2.07. The van der Waals surface area contributed by atoms with E-state index in [-0.39, 0.29) is 11.3 Å². The van der Waals surface area contributed by atoms with Gasteiger partial charge in [-0.15, -0.1) is 0 Å². The summed E-state index contributed by atoms with van der Waals surface area (Å²) in [5.74, 6) is -0.881. The molecule has 1 rings (SSSR count). The molecule has 0 spiro atoms. The van der Waals surface area contributed by atoms with Gasteiger partial charge in [0.05, 0.1) is 11.3 Å². The van der Waals surface area contributed by atoms with E-state index in [4.69, 9.17) is 5.11 Å². The predicted molar refractivity (Wildman–Crippen MR) is 70.1 cm³/mol. The Labute approximate surface area is 107 Å². The van der Waals surface area contributed by atoms with Gasteiger partial charge in [0.25, 0.3) is 0 Å². The van der Waals surface area contributed by atoms with Gasteiger partial charge in [0.2, 0.25) is 0 Å². The summed E-state index contributed by atoms with van der Waals surface area (Å²) in [6, 6.07) is 6.48. The van der Waals surface area contributed by atoms with Crippen LogP contribution in [0.5, 0.6) is 0 Å². The molecule has 1 aromatic rings. The topological polar surface area (TPSA) is 71.4 Å². The SMILES string of the molecule is CC/C(=C\CC(=O)O)c1ccc(S(C)(=O)=O)cc1. The third kappa shape index (κ3) is 4.00. The van der Waals surface area contributed by atoms with Crippen LogP contribution in [-0.4, -0.2) is 25.7 Å². The van der Waals surface area contributed by atoms with E-state index in [0.717, 1.165) is 17.4 Å². The van der Waals surface area contributed by atoms with Crippen LogP contribution in [0.4, 0.5) is 0 Å². The summed E-state index contributed by atoms with van der Waals surface area (Å²) in [7, 11) is -3.19. The molecule has 98 valence electrons. The second kappa shape index (κ2) is 5.82. The lowest BCUT2D eigenvalue weighted by atomic mass is 10.0. The van der Waals surface area contributed by atoms with E-state index >= 15 is 0 Å². The average molecular weight is 268 g/mol. The summed E-state index contributed by atoms with van der Waals surface area (Å²) in [4.78, 5) is 10.8. The van der Waals surface area contributed by atoms with Crippen LogP contribution in [0.1, 0.15) is 25.3 Å². The molecule has 0 aromatic heterocycles. The fourth-order valence-electron chi connectivity index (χ4n) is 1.59. The maximum absolute atomic E-state index is 11.3. The molecule has 0 unspecified atom stereocenters. The third-order valence-corrected chi connectivity index (χ3v) is 3.69. The van der Waals surface area contributed by atoms with Crippen LogP contribution in [0, 0.1) is 0 Å². The van der Waals surface area contributed by atoms with Crippen molar-refractivity contribution in [1.82, 2.24) is 0 Å². The molecular weight excluding hydrogens is 252 g/mol. The van der Waals surface area contributed by atoms with Gasteiger partial charge in [-0.2, -0.15) is 0 Å². The lowest BCUT2D eigenvalue weighted by Gasteiger charge is -2.06. The van der Waals surface area contributed by atoms with Gasteiger partial charge in [0.15, 0.2) is 9.84 Å². The molecule has 18 heavy (non-hydrogen) atoms. The summed E-state index contributed by atoms with van der Waals surface area (Å²) < 4.78 is 22.6. The molecule has 0 amide bonds. The van der Waals surface area contributed by atoms with E-state index in [1.165, 1.54) is 12.1 Å². The van der Waals surface area contributed by atoms with Crippen molar-refractivity contribution in [3.63, 3.8) is 0 Å². The Kier molecular flexibility index (Phi) is 4.67. The number of rotatable bonds is 5. The minimum absolute atomic E-state index is 0.0308. The highest BCUT2D eigenvalue weighted by atomic mass is 32.2. The maximum Gasteiger partial charge on any atom is 0.307 e. The van der Waals surface area contributed by atoms with E-state index in [2.05, 4.69) is 0 Å². The fourth-order valence-corrected chi connectivity index (χ4v) is 2.22. The van der Waals surface area contributed by atoms with Gasteiger partial charge >= 0.3 is 5.97 Å². The first kappa shape index (κ1) is 14.4. The summed E-state index contributed by atoms with van der Waals surface area (Å²) in [5, 5.41) is 8.63. The highest BCUT2D eigenvalue weighted by Crippen LogP contribution is 2.20. The molecule has 0 atom stereocenters. The van der Waals surface area contributed by atoms with Crippen molar-refractivity contribution in [3.05, 3.63) is 35.9 Å². The van der Waals surface area contributed by atoms with Crippen molar-refractivity contribution >= 4 is 21.4 Å².